The highest BCUT2D eigenvalue weighted by Crippen LogP contribution is 2.20. The van der Waals surface area contributed by atoms with Gasteiger partial charge in [0.25, 0.3) is 5.91 Å². The van der Waals surface area contributed by atoms with E-state index in [4.69, 9.17) is 4.74 Å². The summed E-state index contributed by atoms with van der Waals surface area (Å²) in [5.74, 6) is 0.532. The smallest absolute Gasteiger partial charge is 0.413 e. The molecular weight excluding hydrogens is 298 g/mol. The molecule has 7 heteroatoms. The summed E-state index contributed by atoms with van der Waals surface area (Å²) in [6, 6.07) is 7.67. The molecule has 0 radical (unpaired) electrons. The Bertz CT molecular complexity index is 556. The zero-order valence-electron chi connectivity index (χ0n) is 13.8. The summed E-state index contributed by atoms with van der Waals surface area (Å²) in [6.45, 7) is 5.17. The van der Waals surface area contributed by atoms with Crippen molar-refractivity contribution in [2.75, 3.05) is 45.3 Å². The van der Waals surface area contributed by atoms with E-state index in [0.29, 0.717) is 0 Å². The highest BCUT2D eigenvalue weighted by Gasteiger charge is 2.30. The van der Waals surface area contributed by atoms with Crippen molar-refractivity contribution >= 4 is 17.7 Å². The first-order chi connectivity index (χ1) is 11.0. The van der Waals surface area contributed by atoms with E-state index >= 15 is 0 Å². The first kappa shape index (κ1) is 17.1. The molecule has 2 N–H and O–H groups in total. The van der Waals surface area contributed by atoms with Gasteiger partial charge in [-0.15, -0.1) is 0 Å². The number of hydrogen-bond donors (Lipinski definition) is 2. The van der Waals surface area contributed by atoms with Crippen molar-refractivity contribution in [3.8, 4) is 5.75 Å². The average Bonchev–Trinajstić information content (AvgIpc) is 2.61. The van der Waals surface area contributed by atoms with E-state index in [1.807, 2.05) is 25.1 Å². The number of alkyl carbamates (subject to hydrolysis) is 1. The molecule has 1 aromatic carbocycles. The second-order valence-electron chi connectivity index (χ2n) is 5.55. The second kappa shape index (κ2) is 7.82. The van der Waals surface area contributed by atoms with E-state index in [2.05, 4.69) is 21.0 Å². The molecule has 23 heavy (non-hydrogen) atoms. The highest BCUT2D eigenvalue weighted by atomic mass is 16.5. The summed E-state index contributed by atoms with van der Waals surface area (Å²) in [4.78, 5) is 26.5. The number of rotatable bonds is 4. The number of carbonyl (C=O) groups is 2. The zero-order chi connectivity index (χ0) is 16.8. The average molecular weight is 322 g/mol. The summed E-state index contributed by atoms with van der Waals surface area (Å²) >= 11 is 0. The Morgan fingerprint density at radius 2 is 1.96 bits per heavy atom. The van der Waals surface area contributed by atoms with Crippen LogP contribution in [0, 0.1) is 0 Å². The molecule has 1 aliphatic rings. The fourth-order valence-electron chi connectivity index (χ4n) is 2.74. The lowest BCUT2D eigenvalue weighted by Gasteiger charge is -2.35. The number of imide groups is 1. The highest BCUT2D eigenvalue weighted by molar-refractivity contribution is 5.93. The van der Waals surface area contributed by atoms with Crippen LogP contribution in [0.3, 0.4) is 0 Å². The lowest BCUT2D eigenvalue weighted by Crippen LogP contribution is -3.19. The van der Waals surface area contributed by atoms with Crippen molar-refractivity contribution in [3.05, 3.63) is 24.3 Å². The van der Waals surface area contributed by atoms with Crippen LogP contribution in [-0.4, -0.2) is 58.4 Å². The minimum atomic E-state index is -0.712. The van der Waals surface area contributed by atoms with Gasteiger partial charge < -0.3 is 19.3 Å². The zero-order valence-corrected chi connectivity index (χ0v) is 13.8. The molecule has 1 heterocycles. The molecule has 1 saturated heterocycles. The third-order valence-electron chi connectivity index (χ3n) is 4.24. The van der Waals surface area contributed by atoms with Crippen molar-refractivity contribution < 1.29 is 24.0 Å². The van der Waals surface area contributed by atoms with Crippen LogP contribution in [-0.2, 0) is 9.53 Å². The van der Waals surface area contributed by atoms with Crippen LogP contribution < -0.4 is 19.9 Å². The molecule has 0 aliphatic carbocycles. The summed E-state index contributed by atoms with van der Waals surface area (Å²) in [5, 5.41) is 2.23. The maximum Gasteiger partial charge on any atom is 0.413 e. The van der Waals surface area contributed by atoms with E-state index in [1.165, 1.54) is 7.11 Å². The van der Waals surface area contributed by atoms with Crippen molar-refractivity contribution in [3.63, 3.8) is 0 Å². The normalized spacial score (nSPS) is 16.6. The van der Waals surface area contributed by atoms with Crippen LogP contribution >= 0.6 is 0 Å². The van der Waals surface area contributed by atoms with E-state index < -0.39 is 6.09 Å². The number of nitrogens with one attached hydrogen (secondary N) is 2. The molecule has 1 aromatic rings. The number of anilines is 1. The van der Waals surface area contributed by atoms with Crippen LogP contribution in [0.2, 0.25) is 0 Å². The summed E-state index contributed by atoms with van der Waals surface area (Å²) in [6.07, 6.45) is -0.712. The Labute approximate surface area is 136 Å². The van der Waals surface area contributed by atoms with Gasteiger partial charge in [0.05, 0.1) is 40.4 Å². The molecule has 7 nitrogen and oxygen atoms in total. The largest absolute Gasteiger partial charge is 0.497 e. The summed E-state index contributed by atoms with van der Waals surface area (Å²) < 4.78 is 9.71. The molecule has 126 valence electrons. The van der Waals surface area contributed by atoms with E-state index in [9.17, 15) is 9.59 Å². The Kier molecular flexibility index (Phi) is 5.81. The first-order valence-corrected chi connectivity index (χ1v) is 7.67. The molecule has 1 aliphatic heterocycles. The standard InChI is InChI=1S/C16H23N3O4/c1-12(15(20)17-16(21)23-3)18-7-9-19(10-8-18)13-5-4-6-14(11-13)22-2/h4-6,11-12H,7-10H2,1-3H3,(H,17,20,21)/p+1/t12-/m0/s1. The number of methoxy groups -OCH3 is 2. The second-order valence-corrected chi connectivity index (χ2v) is 5.55. The van der Waals surface area contributed by atoms with Crippen molar-refractivity contribution in [2.24, 2.45) is 0 Å². The molecule has 2 rings (SSSR count). The van der Waals surface area contributed by atoms with Crippen LogP contribution in [0.5, 0.6) is 5.75 Å². The molecule has 0 unspecified atom stereocenters. The summed E-state index contributed by atoms with van der Waals surface area (Å²) in [7, 11) is 2.90. The van der Waals surface area contributed by atoms with Crippen LogP contribution in [0.1, 0.15) is 6.92 Å². The van der Waals surface area contributed by atoms with Gasteiger partial charge in [-0.05, 0) is 19.1 Å². The molecule has 0 bridgehead atoms. The topological polar surface area (TPSA) is 72.3 Å². The fourth-order valence-corrected chi connectivity index (χ4v) is 2.74. The quantitative estimate of drug-likeness (QED) is 0.794. The van der Waals surface area contributed by atoms with Gasteiger partial charge in [0, 0.05) is 11.8 Å². The van der Waals surface area contributed by atoms with Crippen LogP contribution in [0.15, 0.2) is 24.3 Å². The maximum absolute atomic E-state index is 12.0. The Balaban J connectivity index is 1.90. The number of ether oxygens (including phenoxy) is 2. The number of carbonyl (C=O) groups excluding carboxylic acids is 2. The van der Waals surface area contributed by atoms with Gasteiger partial charge in [-0.3, -0.25) is 10.1 Å². The van der Waals surface area contributed by atoms with Gasteiger partial charge in [-0.2, -0.15) is 0 Å². The lowest BCUT2D eigenvalue weighted by molar-refractivity contribution is -0.914. The minimum absolute atomic E-state index is 0.290. The van der Waals surface area contributed by atoms with Crippen molar-refractivity contribution in [1.29, 1.82) is 0 Å². The summed E-state index contributed by atoms with van der Waals surface area (Å²) in [5.41, 5.74) is 1.12. The van der Waals surface area contributed by atoms with Gasteiger partial charge in [0.2, 0.25) is 0 Å². The molecule has 0 spiro atoms. The molecule has 0 aromatic heterocycles. The number of quaternary nitrogens is 1. The van der Waals surface area contributed by atoms with Gasteiger partial charge in [-0.25, -0.2) is 4.79 Å². The Hall–Kier alpha value is -2.28. The van der Waals surface area contributed by atoms with E-state index in [-0.39, 0.29) is 11.9 Å². The Morgan fingerprint density at radius 3 is 2.57 bits per heavy atom. The van der Waals surface area contributed by atoms with E-state index in [1.54, 1.807) is 7.11 Å². The molecule has 1 fully saturated rings. The van der Waals surface area contributed by atoms with Gasteiger partial charge in [0.15, 0.2) is 6.04 Å². The van der Waals surface area contributed by atoms with Gasteiger partial charge in [-0.1, -0.05) is 6.07 Å². The van der Waals surface area contributed by atoms with Gasteiger partial charge in [0.1, 0.15) is 5.75 Å². The minimum Gasteiger partial charge on any atom is -0.497 e. The third kappa shape index (κ3) is 4.35. The van der Waals surface area contributed by atoms with E-state index in [0.717, 1.165) is 42.5 Å². The Morgan fingerprint density at radius 1 is 1.26 bits per heavy atom. The lowest BCUT2D eigenvalue weighted by atomic mass is 10.2. The SMILES string of the molecule is COC(=O)NC(=O)[C@H](C)[NH+]1CCN(c2cccc(OC)c2)CC1. The predicted molar refractivity (Wildman–Crippen MR) is 85.9 cm³/mol. The molecular formula is C16H24N3O4+. The van der Waals surface area contributed by atoms with Gasteiger partial charge >= 0.3 is 6.09 Å². The third-order valence-corrected chi connectivity index (χ3v) is 4.24. The number of piperazine rings is 1. The first-order valence-electron chi connectivity index (χ1n) is 7.67. The van der Waals surface area contributed by atoms with Crippen molar-refractivity contribution in [2.45, 2.75) is 13.0 Å². The predicted octanol–water partition coefficient (Wildman–Crippen LogP) is -0.329. The van der Waals surface area contributed by atoms with Crippen LogP contribution in [0.25, 0.3) is 0 Å². The monoisotopic (exact) mass is 322 g/mol. The van der Waals surface area contributed by atoms with Crippen molar-refractivity contribution in [1.82, 2.24) is 5.32 Å². The maximum atomic E-state index is 12.0. The molecule has 0 saturated carbocycles. The number of hydrogen-bond acceptors (Lipinski definition) is 5. The van der Waals surface area contributed by atoms with Crippen LogP contribution in [0.4, 0.5) is 10.5 Å². The number of amides is 2. The number of benzene rings is 1. The number of nitrogens with zero attached hydrogens (tertiary/aromatic N) is 1. The fraction of sp³-hybridized carbons (Fsp3) is 0.500. The molecule has 2 amide bonds. The molecule has 1 atom stereocenters.